The zero-order valence-electron chi connectivity index (χ0n) is 10.5. The summed E-state index contributed by atoms with van der Waals surface area (Å²) >= 11 is 0. The zero-order chi connectivity index (χ0) is 12.5. The molecule has 2 heteroatoms. The van der Waals surface area contributed by atoms with E-state index in [2.05, 4.69) is 54.4 Å². The minimum Gasteiger partial charge on any atom is -0.150 e. The monoisotopic (exact) mass is 234 g/mol. The lowest BCUT2D eigenvalue weighted by atomic mass is 10.0. The number of nitrogens with zero attached hydrogens (tertiary/aromatic N) is 2. The molecule has 0 spiro atoms. The van der Waals surface area contributed by atoms with E-state index < -0.39 is 0 Å². The van der Waals surface area contributed by atoms with E-state index in [1.807, 2.05) is 18.2 Å². The Kier molecular flexibility index (Phi) is 2.56. The van der Waals surface area contributed by atoms with E-state index in [0.717, 1.165) is 22.2 Å². The van der Waals surface area contributed by atoms with Crippen LogP contribution in [0.5, 0.6) is 0 Å². The highest BCUT2D eigenvalue weighted by atomic mass is 15.1. The largest absolute Gasteiger partial charge is 0.150 e. The molecule has 0 fully saturated rings. The Morgan fingerprint density at radius 3 is 2.56 bits per heavy atom. The molecular formula is C16H14N2. The van der Waals surface area contributed by atoms with Crippen LogP contribution < -0.4 is 0 Å². The standard InChI is InChI=1S/C16H14N2/c1-11-7-8-12(2)14(9-11)16-10-13-5-3-4-6-15(13)17-18-16/h3-10H,1-2H3. The maximum absolute atomic E-state index is 4.33. The van der Waals surface area contributed by atoms with Crippen LogP contribution in [0.3, 0.4) is 0 Å². The fourth-order valence-corrected chi connectivity index (χ4v) is 2.13. The summed E-state index contributed by atoms with van der Waals surface area (Å²) < 4.78 is 0. The second-order valence-corrected chi connectivity index (χ2v) is 4.61. The van der Waals surface area contributed by atoms with Crippen LogP contribution in [0.25, 0.3) is 22.2 Å². The van der Waals surface area contributed by atoms with Crippen LogP contribution in [-0.2, 0) is 0 Å². The summed E-state index contributed by atoms with van der Waals surface area (Å²) in [5.41, 5.74) is 5.51. The lowest BCUT2D eigenvalue weighted by Crippen LogP contribution is -1.91. The van der Waals surface area contributed by atoms with Crippen LogP contribution in [0, 0.1) is 13.8 Å². The SMILES string of the molecule is Cc1ccc(C)c(-c2cc3ccccc3nn2)c1. The van der Waals surface area contributed by atoms with Gasteiger partial charge in [0.05, 0.1) is 11.2 Å². The lowest BCUT2D eigenvalue weighted by Gasteiger charge is -2.06. The first-order chi connectivity index (χ1) is 8.74. The number of aryl methyl sites for hydroxylation is 2. The maximum Gasteiger partial charge on any atom is 0.0938 e. The first kappa shape index (κ1) is 10.9. The zero-order valence-corrected chi connectivity index (χ0v) is 10.5. The quantitative estimate of drug-likeness (QED) is 0.638. The summed E-state index contributed by atoms with van der Waals surface area (Å²) in [6, 6.07) is 16.6. The molecule has 88 valence electrons. The van der Waals surface area contributed by atoms with Crippen molar-refractivity contribution in [1.82, 2.24) is 10.2 Å². The number of aromatic nitrogens is 2. The van der Waals surface area contributed by atoms with Crippen LogP contribution in [0.15, 0.2) is 48.5 Å². The summed E-state index contributed by atoms with van der Waals surface area (Å²) in [6.45, 7) is 4.20. The summed E-state index contributed by atoms with van der Waals surface area (Å²) in [5.74, 6) is 0. The van der Waals surface area contributed by atoms with Gasteiger partial charge < -0.3 is 0 Å². The molecular weight excluding hydrogens is 220 g/mol. The summed E-state index contributed by atoms with van der Waals surface area (Å²) in [5, 5.41) is 9.74. The molecule has 0 amide bonds. The van der Waals surface area contributed by atoms with Gasteiger partial charge in [0, 0.05) is 10.9 Å². The Hall–Kier alpha value is -2.22. The Labute approximate surface area is 106 Å². The van der Waals surface area contributed by atoms with E-state index in [4.69, 9.17) is 0 Å². The molecule has 0 atom stereocenters. The van der Waals surface area contributed by atoms with Crippen molar-refractivity contribution in [3.05, 3.63) is 59.7 Å². The van der Waals surface area contributed by atoms with Gasteiger partial charge in [0.2, 0.25) is 0 Å². The van der Waals surface area contributed by atoms with Gasteiger partial charge in [-0.25, -0.2) is 0 Å². The fourth-order valence-electron chi connectivity index (χ4n) is 2.13. The number of hydrogen-bond acceptors (Lipinski definition) is 2. The number of fused-ring (bicyclic) bond motifs is 1. The second kappa shape index (κ2) is 4.22. The average molecular weight is 234 g/mol. The molecule has 0 saturated heterocycles. The third-order valence-corrected chi connectivity index (χ3v) is 3.16. The molecule has 0 N–H and O–H groups in total. The predicted octanol–water partition coefficient (Wildman–Crippen LogP) is 3.91. The average Bonchev–Trinajstić information content (AvgIpc) is 2.41. The summed E-state index contributed by atoms with van der Waals surface area (Å²) in [7, 11) is 0. The molecule has 2 nitrogen and oxygen atoms in total. The molecule has 2 aromatic carbocycles. The van der Waals surface area contributed by atoms with Crippen molar-refractivity contribution >= 4 is 10.9 Å². The predicted molar refractivity (Wildman–Crippen MR) is 74.4 cm³/mol. The molecule has 18 heavy (non-hydrogen) atoms. The molecule has 0 saturated carbocycles. The highest BCUT2D eigenvalue weighted by Gasteiger charge is 2.05. The number of rotatable bonds is 1. The van der Waals surface area contributed by atoms with Gasteiger partial charge in [-0.2, -0.15) is 0 Å². The van der Waals surface area contributed by atoms with E-state index in [1.54, 1.807) is 0 Å². The van der Waals surface area contributed by atoms with Crippen LogP contribution >= 0.6 is 0 Å². The molecule has 1 heterocycles. The van der Waals surface area contributed by atoms with Gasteiger partial charge in [-0.1, -0.05) is 35.9 Å². The molecule has 0 unspecified atom stereocenters. The van der Waals surface area contributed by atoms with Crippen molar-refractivity contribution in [2.45, 2.75) is 13.8 Å². The van der Waals surface area contributed by atoms with Crippen LogP contribution in [-0.4, -0.2) is 10.2 Å². The summed E-state index contributed by atoms with van der Waals surface area (Å²) in [6.07, 6.45) is 0. The normalized spacial score (nSPS) is 10.8. The molecule has 0 aliphatic carbocycles. The van der Waals surface area contributed by atoms with Gasteiger partial charge in [0.1, 0.15) is 0 Å². The van der Waals surface area contributed by atoms with Crippen molar-refractivity contribution in [2.75, 3.05) is 0 Å². The topological polar surface area (TPSA) is 25.8 Å². The molecule has 0 bridgehead atoms. The second-order valence-electron chi connectivity index (χ2n) is 4.61. The number of benzene rings is 2. The fraction of sp³-hybridized carbons (Fsp3) is 0.125. The first-order valence-corrected chi connectivity index (χ1v) is 6.04. The van der Waals surface area contributed by atoms with Crippen molar-refractivity contribution < 1.29 is 0 Å². The minimum atomic E-state index is 0.937. The van der Waals surface area contributed by atoms with Gasteiger partial charge in [0.15, 0.2) is 0 Å². The van der Waals surface area contributed by atoms with Crippen molar-refractivity contribution in [1.29, 1.82) is 0 Å². The maximum atomic E-state index is 4.33. The molecule has 0 radical (unpaired) electrons. The van der Waals surface area contributed by atoms with Crippen molar-refractivity contribution in [2.24, 2.45) is 0 Å². The van der Waals surface area contributed by atoms with E-state index >= 15 is 0 Å². The van der Waals surface area contributed by atoms with Crippen LogP contribution in [0.1, 0.15) is 11.1 Å². The van der Waals surface area contributed by atoms with E-state index in [1.165, 1.54) is 11.1 Å². The lowest BCUT2D eigenvalue weighted by molar-refractivity contribution is 1.08. The van der Waals surface area contributed by atoms with Crippen LogP contribution in [0.4, 0.5) is 0 Å². The molecule has 0 aliphatic rings. The van der Waals surface area contributed by atoms with Crippen molar-refractivity contribution in [3.8, 4) is 11.3 Å². The molecule has 1 aromatic heterocycles. The van der Waals surface area contributed by atoms with Gasteiger partial charge in [-0.05, 0) is 37.6 Å². The third kappa shape index (κ3) is 1.86. The molecule has 0 aliphatic heterocycles. The first-order valence-electron chi connectivity index (χ1n) is 6.04. The van der Waals surface area contributed by atoms with Gasteiger partial charge in [0.25, 0.3) is 0 Å². The number of hydrogen-bond donors (Lipinski definition) is 0. The highest BCUT2D eigenvalue weighted by Crippen LogP contribution is 2.24. The van der Waals surface area contributed by atoms with E-state index in [0.29, 0.717) is 0 Å². The minimum absolute atomic E-state index is 0.937. The Bertz CT molecular complexity index is 717. The van der Waals surface area contributed by atoms with Gasteiger partial charge in [-0.3, -0.25) is 0 Å². The summed E-state index contributed by atoms with van der Waals surface area (Å²) in [4.78, 5) is 0. The Morgan fingerprint density at radius 1 is 0.833 bits per heavy atom. The molecule has 3 aromatic rings. The van der Waals surface area contributed by atoms with E-state index in [9.17, 15) is 0 Å². The third-order valence-electron chi connectivity index (χ3n) is 3.16. The Morgan fingerprint density at radius 2 is 1.67 bits per heavy atom. The highest BCUT2D eigenvalue weighted by molar-refractivity contribution is 5.82. The van der Waals surface area contributed by atoms with Crippen molar-refractivity contribution in [3.63, 3.8) is 0 Å². The van der Waals surface area contributed by atoms with Gasteiger partial charge >= 0.3 is 0 Å². The molecule has 3 rings (SSSR count). The Balaban J connectivity index is 2.22. The smallest absolute Gasteiger partial charge is 0.0938 e. The van der Waals surface area contributed by atoms with Crippen LogP contribution in [0.2, 0.25) is 0 Å². The van der Waals surface area contributed by atoms with Gasteiger partial charge in [-0.15, -0.1) is 10.2 Å². The van der Waals surface area contributed by atoms with E-state index in [-0.39, 0.29) is 0 Å².